The van der Waals surface area contributed by atoms with Gasteiger partial charge in [0.1, 0.15) is 19.8 Å². The highest BCUT2D eigenvalue weighted by Crippen LogP contribution is 2.38. The van der Waals surface area contributed by atoms with Gasteiger partial charge in [-0.25, -0.2) is 0 Å². The fraction of sp³-hybridized carbons (Fsp3) is 0.644. The molecule has 9 nitrogen and oxygen atoms in total. The number of carbonyl (C=O) groups excluding carboxylic acids is 2. The Bertz CT molecular complexity index is 1210. The van der Waals surface area contributed by atoms with Crippen molar-refractivity contribution < 1.29 is 42.1 Å². The van der Waals surface area contributed by atoms with Gasteiger partial charge in [0.2, 0.25) is 0 Å². The molecule has 314 valence electrons. The topological polar surface area (TPSA) is 111 Å². The number of nitrogens with zero attached hydrogens (tertiary/aromatic N) is 1. The molecule has 0 fully saturated rings. The number of ether oxygens (including phenoxy) is 2. The highest BCUT2D eigenvalue weighted by atomic mass is 31.2. The van der Waals surface area contributed by atoms with Gasteiger partial charge in [0.25, 0.3) is 7.82 Å². The van der Waals surface area contributed by atoms with Crippen LogP contribution in [0.4, 0.5) is 0 Å². The summed E-state index contributed by atoms with van der Waals surface area (Å²) in [6.07, 6.45) is 46.3. The lowest BCUT2D eigenvalue weighted by Crippen LogP contribution is -2.37. The summed E-state index contributed by atoms with van der Waals surface area (Å²) < 4.78 is 33.7. The molecule has 0 aliphatic rings. The van der Waals surface area contributed by atoms with Gasteiger partial charge in [-0.05, 0) is 77.0 Å². The molecule has 0 saturated carbocycles. The molecule has 0 N–H and O–H groups in total. The van der Waals surface area contributed by atoms with E-state index in [4.69, 9.17) is 18.5 Å². The molecular weight excluding hydrogens is 713 g/mol. The standard InChI is InChI=1S/C45H76NO8P/c1-6-8-10-12-14-16-18-20-21-22-23-24-25-26-28-30-32-34-36-38-45(48)54-43(42-53-55(49,50)52-40-39-46(3,4)5)41-51-44(47)37-35-33-31-29-27-19-17-15-13-11-9-7-2/h8,10,14-17,20-21,23-24,26,28,32,34,43H,6-7,9,11-13,18-19,22,25,27,29-31,33,35-42H2,1-5H3/b10-8-,16-14-,17-15-,21-20-,24-23-,28-26-,34-32-. The van der Waals surface area contributed by atoms with Gasteiger partial charge in [-0.15, -0.1) is 0 Å². The fourth-order valence-electron chi connectivity index (χ4n) is 4.91. The Labute approximate surface area is 335 Å². The highest BCUT2D eigenvalue weighted by molar-refractivity contribution is 7.45. The fourth-order valence-corrected chi connectivity index (χ4v) is 5.64. The summed E-state index contributed by atoms with van der Waals surface area (Å²) in [6.45, 7) is 3.96. The number of phosphoric acid groups is 1. The molecule has 0 aromatic heterocycles. The molecule has 0 aromatic carbocycles. The van der Waals surface area contributed by atoms with E-state index in [9.17, 15) is 19.0 Å². The Morgan fingerprint density at radius 1 is 0.582 bits per heavy atom. The Kier molecular flexibility index (Phi) is 34.9. The van der Waals surface area contributed by atoms with E-state index >= 15 is 0 Å². The average Bonchev–Trinajstić information content (AvgIpc) is 3.13. The van der Waals surface area contributed by atoms with E-state index in [-0.39, 0.29) is 26.1 Å². The van der Waals surface area contributed by atoms with E-state index in [2.05, 4.69) is 86.8 Å². The van der Waals surface area contributed by atoms with Crippen molar-refractivity contribution in [3.63, 3.8) is 0 Å². The first-order chi connectivity index (χ1) is 26.5. The van der Waals surface area contributed by atoms with Crippen molar-refractivity contribution in [3.05, 3.63) is 85.1 Å². The van der Waals surface area contributed by atoms with Gasteiger partial charge >= 0.3 is 11.9 Å². The molecular formula is C45H76NO8P. The quantitative estimate of drug-likeness (QED) is 0.0203. The van der Waals surface area contributed by atoms with E-state index in [1.54, 1.807) is 0 Å². The van der Waals surface area contributed by atoms with Crippen LogP contribution in [0.3, 0.4) is 0 Å². The Balaban J connectivity index is 4.56. The molecule has 0 aliphatic heterocycles. The molecule has 0 rings (SSSR count). The maximum absolute atomic E-state index is 12.6. The SMILES string of the molecule is CC/C=C\C/C=C\C/C=C\C/C=C\C/C=C\C/C=C\CCC(=O)OC(COC(=O)CCCCCCC/C=C\CCCCC)COP(=O)([O-])OCC[N+](C)(C)C. The molecule has 0 aromatic rings. The van der Waals surface area contributed by atoms with Crippen LogP contribution in [0.5, 0.6) is 0 Å². The maximum Gasteiger partial charge on any atom is 0.306 e. The summed E-state index contributed by atoms with van der Waals surface area (Å²) in [5.74, 6) is -0.954. The van der Waals surface area contributed by atoms with Crippen LogP contribution in [0.15, 0.2) is 85.1 Å². The number of phosphoric ester groups is 1. The maximum atomic E-state index is 12.6. The molecule has 0 aliphatic carbocycles. The molecule has 10 heteroatoms. The molecule has 0 heterocycles. The van der Waals surface area contributed by atoms with Crippen LogP contribution in [-0.2, 0) is 32.7 Å². The zero-order chi connectivity index (χ0) is 40.7. The molecule has 0 spiro atoms. The minimum Gasteiger partial charge on any atom is -0.756 e. The summed E-state index contributed by atoms with van der Waals surface area (Å²) in [6, 6.07) is 0. The second-order valence-corrected chi connectivity index (χ2v) is 16.0. The lowest BCUT2D eigenvalue weighted by Gasteiger charge is -2.28. The summed E-state index contributed by atoms with van der Waals surface area (Å²) >= 11 is 0. The monoisotopic (exact) mass is 790 g/mol. The van der Waals surface area contributed by atoms with E-state index in [1.165, 1.54) is 19.3 Å². The first-order valence-electron chi connectivity index (χ1n) is 20.8. The Hall–Kier alpha value is -2.81. The van der Waals surface area contributed by atoms with E-state index < -0.39 is 32.5 Å². The van der Waals surface area contributed by atoms with Crippen molar-refractivity contribution in [1.29, 1.82) is 0 Å². The predicted octanol–water partition coefficient (Wildman–Crippen LogP) is 11.0. The van der Waals surface area contributed by atoms with Crippen LogP contribution < -0.4 is 4.89 Å². The number of allylic oxidation sites excluding steroid dienone is 14. The van der Waals surface area contributed by atoms with Gasteiger partial charge in [0.05, 0.1) is 27.7 Å². The molecule has 55 heavy (non-hydrogen) atoms. The predicted molar refractivity (Wildman–Crippen MR) is 226 cm³/mol. The smallest absolute Gasteiger partial charge is 0.306 e. The molecule has 0 radical (unpaired) electrons. The van der Waals surface area contributed by atoms with Gasteiger partial charge in [-0.3, -0.25) is 14.2 Å². The first-order valence-corrected chi connectivity index (χ1v) is 22.3. The number of hydrogen-bond acceptors (Lipinski definition) is 8. The van der Waals surface area contributed by atoms with Crippen LogP contribution in [0.2, 0.25) is 0 Å². The van der Waals surface area contributed by atoms with Gasteiger partial charge in [-0.2, -0.15) is 0 Å². The average molecular weight is 790 g/mol. The summed E-state index contributed by atoms with van der Waals surface area (Å²) in [7, 11) is 1.10. The van der Waals surface area contributed by atoms with Gasteiger partial charge in [-0.1, -0.05) is 131 Å². The summed E-state index contributed by atoms with van der Waals surface area (Å²) in [4.78, 5) is 37.4. The number of esters is 2. The van der Waals surface area contributed by atoms with E-state index in [1.807, 2.05) is 33.3 Å². The van der Waals surface area contributed by atoms with Crippen molar-refractivity contribution in [1.82, 2.24) is 0 Å². The lowest BCUT2D eigenvalue weighted by atomic mass is 10.1. The second kappa shape index (κ2) is 36.8. The third kappa shape index (κ3) is 40.7. The van der Waals surface area contributed by atoms with Crippen molar-refractivity contribution in [3.8, 4) is 0 Å². The minimum atomic E-state index is -4.65. The summed E-state index contributed by atoms with van der Waals surface area (Å²) in [5, 5.41) is 0. The third-order valence-electron chi connectivity index (χ3n) is 8.16. The van der Waals surface area contributed by atoms with Gasteiger partial charge in [0, 0.05) is 12.8 Å². The zero-order valence-corrected chi connectivity index (χ0v) is 36.0. The lowest BCUT2D eigenvalue weighted by molar-refractivity contribution is -0.870. The number of unbranched alkanes of at least 4 members (excludes halogenated alkanes) is 8. The van der Waals surface area contributed by atoms with Crippen LogP contribution >= 0.6 is 7.82 Å². The largest absolute Gasteiger partial charge is 0.756 e. The second-order valence-electron chi connectivity index (χ2n) is 14.6. The number of hydrogen-bond donors (Lipinski definition) is 0. The first kappa shape index (κ1) is 52.2. The number of quaternary nitrogens is 1. The zero-order valence-electron chi connectivity index (χ0n) is 35.1. The van der Waals surface area contributed by atoms with Crippen LogP contribution in [0.1, 0.15) is 136 Å². The van der Waals surface area contributed by atoms with Crippen molar-refractivity contribution in [2.24, 2.45) is 0 Å². The molecule has 0 bridgehead atoms. The Morgan fingerprint density at radius 2 is 1.07 bits per heavy atom. The van der Waals surface area contributed by atoms with Crippen LogP contribution in [0, 0.1) is 0 Å². The van der Waals surface area contributed by atoms with Crippen LogP contribution in [0.25, 0.3) is 0 Å². The van der Waals surface area contributed by atoms with Crippen molar-refractivity contribution in [2.45, 2.75) is 142 Å². The van der Waals surface area contributed by atoms with Gasteiger partial charge < -0.3 is 27.9 Å². The number of likely N-dealkylation sites (N-methyl/N-ethyl adjacent to an activating group) is 1. The minimum absolute atomic E-state index is 0.0502. The highest BCUT2D eigenvalue weighted by Gasteiger charge is 2.21. The van der Waals surface area contributed by atoms with Crippen molar-refractivity contribution >= 4 is 19.8 Å². The normalized spacial score (nSPS) is 14.5. The van der Waals surface area contributed by atoms with E-state index in [0.29, 0.717) is 23.9 Å². The molecule has 0 saturated heterocycles. The van der Waals surface area contributed by atoms with Gasteiger partial charge in [0.15, 0.2) is 6.10 Å². The molecule has 2 atom stereocenters. The number of rotatable bonds is 36. The van der Waals surface area contributed by atoms with Crippen LogP contribution in [-0.4, -0.2) is 70.0 Å². The number of carbonyl (C=O) groups is 2. The summed E-state index contributed by atoms with van der Waals surface area (Å²) in [5.41, 5.74) is 0. The third-order valence-corrected chi connectivity index (χ3v) is 9.13. The van der Waals surface area contributed by atoms with Crippen molar-refractivity contribution in [2.75, 3.05) is 47.5 Å². The van der Waals surface area contributed by atoms with E-state index in [0.717, 1.165) is 77.0 Å². The molecule has 2 unspecified atom stereocenters. The molecule has 0 amide bonds. The Morgan fingerprint density at radius 3 is 1.62 bits per heavy atom.